The van der Waals surface area contributed by atoms with Crippen LogP contribution in [-0.2, 0) is 11.2 Å². The number of amides is 1. The van der Waals surface area contributed by atoms with Crippen molar-refractivity contribution in [2.75, 3.05) is 5.32 Å². The Hall–Kier alpha value is -3.19. The summed E-state index contributed by atoms with van der Waals surface area (Å²) in [7, 11) is 0. The molecule has 0 spiro atoms. The highest BCUT2D eigenvalue weighted by atomic mass is 32.1. The van der Waals surface area contributed by atoms with E-state index in [0.29, 0.717) is 5.76 Å². The third-order valence-corrected chi connectivity index (χ3v) is 4.26. The molecular weight excluding hydrogens is 360 g/mol. The highest BCUT2D eigenvalue weighted by molar-refractivity contribution is 7.80. The van der Waals surface area contributed by atoms with Crippen molar-refractivity contribution >= 4 is 35.0 Å². The standard InChI is InChI=1S/C20H20N4O2S/c1-13-18(14(2)24-23-13)12-15-5-7-16(8-6-15)21-20(27)22-19(25)10-9-17-4-3-11-26-17/h3-11H,12H2,1-2H3,(H,23,24)(H2,21,22,25,27)/b10-9+. The van der Waals surface area contributed by atoms with E-state index in [2.05, 4.69) is 20.8 Å². The minimum Gasteiger partial charge on any atom is -0.465 e. The monoisotopic (exact) mass is 380 g/mol. The average Bonchev–Trinajstić information content (AvgIpc) is 3.27. The lowest BCUT2D eigenvalue weighted by atomic mass is 10.0. The van der Waals surface area contributed by atoms with E-state index in [1.165, 1.54) is 17.2 Å². The summed E-state index contributed by atoms with van der Waals surface area (Å²) in [5.41, 5.74) is 5.29. The molecule has 0 unspecified atom stereocenters. The maximum Gasteiger partial charge on any atom is 0.250 e. The van der Waals surface area contributed by atoms with Gasteiger partial charge in [-0.25, -0.2) is 0 Å². The van der Waals surface area contributed by atoms with Crippen molar-refractivity contribution in [1.82, 2.24) is 15.5 Å². The quantitative estimate of drug-likeness (QED) is 0.464. The Balaban J connectivity index is 1.53. The van der Waals surface area contributed by atoms with Crippen LogP contribution in [-0.4, -0.2) is 21.2 Å². The molecule has 0 aliphatic heterocycles. The Morgan fingerprint density at radius 2 is 2.04 bits per heavy atom. The lowest BCUT2D eigenvalue weighted by molar-refractivity contribution is -0.115. The molecule has 0 radical (unpaired) electrons. The number of rotatable bonds is 5. The molecule has 0 aliphatic carbocycles. The van der Waals surface area contributed by atoms with Gasteiger partial charge in [-0.15, -0.1) is 0 Å². The summed E-state index contributed by atoms with van der Waals surface area (Å²) in [6.07, 6.45) is 5.30. The van der Waals surface area contributed by atoms with Gasteiger partial charge in [0.15, 0.2) is 5.11 Å². The van der Waals surface area contributed by atoms with Crippen molar-refractivity contribution < 1.29 is 9.21 Å². The zero-order chi connectivity index (χ0) is 19.2. The first-order valence-electron chi connectivity index (χ1n) is 8.44. The first kappa shape index (κ1) is 18.6. The third kappa shape index (κ3) is 5.15. The van der Waals surface area contributed by atoms with Gasteiger partial charge in [0, 0.05) is 29.4 Å². The zero-order valence-corrected chi connectivity index (χ0v) is 15.9. The molecule has 138 valence electrons. The molecule has 27 heavy (non-hydrogen) atoms. The van der Waals surface area contributed by atoms with Gasteiger partial charge >= 0.3 is 0 Å². The molecule has 0 saturated heterocycles. The molecule has 0 fully saturated rings. The molecule has 2 aromatic heterocycles. The van der Waals surface area contributed by atoms with Crippen molar-refractivity contribution in [2.24, 2.45) is 0 Å². The molecule has 3 rings (SSSR count). The van der Waals surface area contributed by atoms with Crippen LogP contribution in [0.2, 0.25) is 0 Å². The molecule has 7 heteroatoms. The number of carbonyl (C=O) groups is 1. The second-order valence-electron chi connectivity index (χ2n) is 6.08. The summed E-state index contributed by atoms with van der Waals surface area (Å²) in [5, 5.41) is 13.1. The summed E-state index contributed by atoms with van der Waals surface area (Å²) in [4.78, 5) is 11.9. The Morgan fingerprint density at radius 1 is 1.26 bits per heavy atom. The number of aromatic amines is 1. The van der Waals surface area contributed by atoms with Crippen LogP contribution in [0.1, 0.15) is 28.3 Å². The van der Waals surface area contributed by atoms with Crippen LogP contribution in [0.5, 0.6) is 0 Å². The van der Waals surface area contributed by atoms with E-state index in [0.717, 1.165) is 23.5 Å². The predicted octanol–water partition coefficient (Wildman–Crippen LogP) is 3.74. The van der Waals surface area contributed by atoms with E-state index in [1.54, 1.807) is 24.5 Å². The molecule has 0 saturated carbocycles. The van der Waals surface area contributed by atoms with E-state index < -0.39 is 0 Å². The number of thiocarbonyl (C=S) groups is 1. The largest absolute Gasteiger partial charge is 0.465 e. The summed E-state index contributed by atoms with van der Waals surface area (Å²) >= 11 is 5.17. The van der Waals surface area contributed by atoms with Gasteiger partial charge in [-0.3, -0.25) is 15.2 Å². The number of benzene rings is 1. The Morgan fingerprint density at radius 3 is 2.67 bits per heavy atom. The van der Waals surface area contributed by atoms with Crippen molar-refractivity contribution in [1.29, 1.82) is 0 Å². The first-order chi connectivity index (χ1) is 13.0. The Bertz CT molecular complexity index is 937. The number of anilines is 1. The smallest absolute Gasteiger partial charge is 0.250 e. The maximum absolute atomic E-state index is 11.9. The molecule has 2 heterocycles. The number of aryl methyl sites for hydroxylation is 2. The molecule has 0 aliphatic rings. The topological polar surface area (TPSA) is 83.0 Å². The molecule has 0 bridgehead atoms. The van der Waals surface area contributed by atoms with Crippen LogP contribution in [0.15, 0.2) is 53.2 Å². The number of nitrogens with one attached hydrogen (secondary N) is 3. The number of furan rings is 1. The number of H-pyrrole nitrogens is 1. The van der Waals surface area contributed by atoms with E-state index in [9.17, 15) is 4.79 Å². The molecule has 0 atom stereocenters. The highest BCUT2D eigenvalue weighted by Gasteiger charge is 2.07. The van der Waals surface area contributed by atoms with Crippen molar-refractivity contribution in [3.8, 4) is 0 Å². The van der Waals surface area contributed by atoms with Crippen LogP contribution < -0.4 is 10.6 Å². The van der Waals surface area contributed by atoms with E-state index >= 15 is 0 Å². The molecule has 1 amide bonds. The second kappa shape index (κ2) is 8.46. The van der Waals surface area contributed by atoms with Crippen molar-refractivity contribution in [3.05, 3.63) is 77.0 Å². The fraction of sp³-hybridized carbons (Fsp3) is 0.150. The SMILES string of the molecule is Cc1n[nH]c(C)c1Cc1ccc(NC(=S)NC(=O)/C=C/c2ccco2)cc1. The molecule has 6 nitrogen and oxygen atoms in total. The van der Waals surface area contributed by atoms with Crippen LogP contribution in [0.3, 0.4) is 0 Å². The lowest BCUT2D eigenvalue weighted by Crippen LogP contribution is -2.32. The van der Waals surface area contributed by atoms with E-state index in [4.69, 9.17) is 16.6 Å². The van der Waals surface area contributed by atoms with Crippen LogP contribution in [0, 0.1) is 13.8 Å². The second-order valence-corrected chi connectivity index (χ2v) is 6.49. The number of nitrogens with zero attached hydrogens (tertiary/aromatic N) is 1. The van der Waals surface area contributed by atoms with Gasteiger partial charge in [-0.1, -0.05) is 12.1 Å². The van der Waals surface area contributed by atoms with Gasteiger partial charge < -0.3 is 9.73 Å². The number of hydrogen-bond acceptors (Lipinski definition) is 4. The lowest BCUT2D eigenvalue weighted by Gasteiger charge is -2.09. The fourth-order valence-corrected chi connectivity index (χ4v) is 2.82. The number of carbonyl (C=O) groups excluding carboxylic acids is 1. The van der Waals surface area contributed by atoms with Crippen molar-refractivity contribution in [2.45, 2.75) is 20.3 Å². The zero-order valence-electron chi connectivity index (χ0n) is 15.1. The molecule has 3 N–H and O–H groups in total. The minimum absolute atomic E-state index is 0.235. The normalized spacial score (nSPS) is 10.9. The Kier molecular flexibility index (Phi) is 5.83. The van der Waals surface area contributed by atoms with Crippen LogP contribution >= 0.6 is 12.2 Å². The van der Waals surface area contributed by atoms with Crippen molar-refractivity contribution in [3.63, 3.8) is 0 Å². The first-order valence-corrected chi connectivity index (χ1v) is 8.85. The predicted molar refractivity (Wildman–Crippen MR) is 109 cm³/mol. The van der Waals surface area contributed by atoms with Crippen LogP contribution in [0.4, 0.5) is 5.69 Å². The summed E-state index contributed by atoms with van der Waals surface area (Å²) in [6.45, 7) is 4.02. The van der Waals surface area contributed by atoms with E-state index in [-0.39, 0.29) is 11.0 Å². The minimum atomic E-state index is -0.327. The highest BCUT2D eigenvalue weighted by Crippen LogP contribution is 2.17. The van der Waals surface area contributed by atoms with E-state index in [1.807, 2.05) is 38.1 Å². The molecule has 1 aromatic carbocycles. The summed E-state index contributed by atoms with van der Waals surface area (Å²) in [6, 6.07) is 11.4. The maximum atomic E-state index is 11.9. The Labute approximate surface area is 162 Å². The summed E-state index contributed by atoms with van der Waals surface area (Å²) < 4.78 is 5.13. The molecular formula is C20H20N4O2S. The third-order valence-electron chi connectivity index (χ3n) is 4.05. The van der Waals surface area contributed by atoms with Crippen LogP contribution in [0.25, 0.3) is 6.08 Å². The van der Waals surface area contributed by atoms with Gasteiger partial charge in [-0.2, -0.15) is 5.10 Å². The van der Waals surface area contributed by atoms with Gasteiger partial charge in [0.25, 0.3) is 0 Å². The fourth-order valence-electron chi connectivity index (χ4n) is 2.60. The van der Waals surface area contributed by atoms with Gasteiger partial charge in [0.2, 0.25) is 5.91 Å². The summed E-state index contributed by atoms with van der Waals surface area (Å²) in [5.74, 6) is 0.272. The average molecular weight is 380 g/mol. The number of hydrogen-bond donors (Lipinski definition) is 3. The van der Waals surface area contributed by atoms with Gasteiger partial charge in [-0.05, 0) is 62.0 Å². The van der Waals surface area contributed by atoms with Gasteiger partial charge in [0.05, 0.1) is 12.0 Å². The number of aromatic nitrogens is 2. The van der Waals surface area contributed by atoms with Gasteiger partial charge in [0.1, 0.15) is 5.76 Å². The molecule has 3 aromatic rings.